The highest BCUT2D eigenvalue weighted by molar-refractivity contribution is 6.17. The van der Waals surface area contributed by atoms with Crippen LogP contribution >= 0.6 is 11.6 Å². The van der Waals surface area contributed by atoms with Crippen molar-refractivity contribution in [1.82, 2.24) is 9.80 Å². The molecule has 1 rings (SSSR count). The molecule has 0 atom stereocenters. The number of nitrogens with zero attached hydrogens (tertiary/aromatic N) is 2. The topological polar surface area (TPSA) is 15.7 Å². The first-order valence-electron chi connectivity index (χ1n) is 5.95. The van der Waals surface area contributed by atoms with Crippen LogP contribution in [0, 0.1) is 0 Å². The fourth-order valence-electron chi connectivity index (χ4n) is 1.90. The lowest BCUT2D eigenvalue weighted by atomic mass is 10.3. The Morgan fingerprint density at radius 1 is 1.00 bits per heavy atom. The van der Waals surface area contributed by atoms with Gasteiger partial charge in [0.1, 0.15) is 0 Å². The van der Waals surface area contributed by atoms with Crippen molar-refractivity contribution >= 4 is 11.6 Å². The van der Waals surface area contributed by atoms with Crippen LogP contribution in [-0.4, -0.2) is 68.2 Å². The summed E-state index contributed by atoms with van der Waals surface area (Å²) in [4.78, 5) is 5.01. The number of ether oxygens (including phenoxy) is 1. The first kappa shape index (κ1) is 13.2. The number of halogens is 1. The van der Waals surface area contributed by atoms with Crippen molar-refractivity contribution < 1.29 is 4.74 Å². The van der Waals surface area contributed by atoms with Gasteiger partial charge in [-0.15, -0.1) is 11.6 Å². The molecular weight excluding hydrogens is 212 g/mol. The van der Waals surface area contributed by atoms with Crippen LogP contribution in [0.25, 0.3) is 0 Å². The molecule has 4 heteroatoms. The Labute approximate surface area is 98.3 Å². The molecule has 1 saturated heterocycles. The molecule has 0 aromatic heterocycles. The SMILES string of the molecule is CCCN1CCN(CCOCCCl)CC1. The smallest absolute Gasteiger partial charge is 0.0602 e. The van der Waals surface area contributed by atoms with E-state index in [9.17, 15) is 0 Å². The molecule has 1 heterocycles. The van der Waals surface area contributed by atoms with Gasteiger partial charge in [0.15, 0.2) is 0 Å². The van der Waals surface area contributed by atoms with Crippen molar-refractivity contribution in [2.75, 3.05) is 58.4 Å². The van der Waals surface area contributed by atoms with Crippen LogP contribution in [0.4, 0.5) is 0 Å². The minimum Gasteiger partial charge on any atom is -0.379 e. The first-order chi connectivity index (χ1) is 7.36. The Bertz CT molecular complexity index is 147. The van der Waals surface area contributed by atoms with Crippen LogP contribution in [0.15, 0.2) is 0 Å². The molecule has 1 aliphatic heterocycles. The van der Waals surface area contributed by atoms with E-state index in [1.807, 2.05) is 0 Å². The van der Waals surface area contributed by atoms with Gasteiger partial charge in [-0.2, -0.15) is 0 Å². The molecule has 0 aromatic rings. The molecule has 90 valence electrons. The summed E-state index contributed by atoms with van der Waals surface area (Å²) >= 11 is 5.53. The van der Waals surface area contributed by atoms with Gasteiger partial charge in [-0.25, -0.2) is 0 Å². The average molecular weight is 235 g/mol. The zero-order valence-corrected chi connectivity index (χ0v) is 10.5. The summed E-state index contributed by atoms with van der Waals surface area (Å²) in [5, 5.41) is 0. The van der Waals surface area contributed by atoms with Crippen molar-refractivity contribution in [3.8, 4) is 0 Å². The zero-order chi connectivity index (χ0) is 10.9. The third-order valence-corrected chi connectivity index (χ3v) is 2.93. The van der Waals surface area contributed by atoms with Gasteiger partial charge in [0.05, 0.1) is 13.2 Å². The Morgan fingerprint density at radius 3 is 2.13 bits per heavy atom. The molecule has 0 aliphatic carbocycles. The summed E-state index contributed by atoms with van der Waals surface area (Å²) in [6.07, 6.45) is 1.26. The van der Waals surface area contributed by atoms with Gasteiger partial charge in [-0.1, -0.05) is 6.92 Å². The second-order valence-electron chi connectivity index (χ2n) is 3.98. The first-order valence-corrected chi connectivity index (χ1v) is 6.48. The molecule has 1 fully saturated rings. The molecule has 0 N–H and O–H groups in total. The van der Waals surface area contributed by atoms with E-state index in [-0.39, 0.29) is 0 Å². The van der Waals surface area contributed by atoms with E-state index in [1.54, 1.807) is 0 Å². The molecule has 3 nitrogen and oxygen atoms in total. The van der Waals surface area contributed by atoms with E-state index < -0.39 is 0 Å². The largest absolute Gasteiger partial charge is 0.379 e. The standard InChI is InChI=1S/C11H23ClN2O/c1-2-4-13-5-7-14(8-6-13)9-11-15-10-3-12/h2-11H2,1H3. The van der Waals surface area contributed by atoms with E-state index in [0.29, 0.717) is 12.5 Å². The lowest BCUT2D eigenvalue weighted by Crippen LogP contribution is -2.47. The lowest BCUT2D eigenvalue weighted by Gasteiger charge is -2.34. The fraction of sp³-hybridized carbons (Fsp3) is 1.00. The maximum Gasteiger partial charge on any atom is 0.0602 e. The maximum absolute atomic E-state index is 5.53. The van der Waals surface area contributed by atoms with Crippen LogP contribution in [0.5, 0.6) is 0 Å². The third-order valence-electron chi connectivity index (χ3n) is 2.78. The van der Waals surface area contributed by atoms with E-state index in [1.165, 1.54) is 39.1 Å². The van der Waals surface area contributed by atoms with Gasteiger partial charge >= 0.3 is 0 Å². The molecule has 0 spiro atoms. The molecular formula is C11H23ClN2O. The third kappa shape index (κ3) is 5.71. The number of hydrogen-bond acceptors (Lipinski definition) is 3. The van der Waals surface area contributed by atoms with Crippen molar-refractivity contribution in [3.05, 3.63) is 0 Å². The summed E-state index contributed by atoms with van der Waals surface area (Å²) in [6, 6.07) is 0. The van der Waals surface area contributed by atoms with Crippen molar-refractivity contribution in [1.29, 1.82) is 0 Å². The summed E-state index contributed by atoms with van der Waals surface area (Å²) in [6.45, 7) is 10.8. The summed E-state index contributed by atoms with van der Waals surface area (Å²) < 4.78 is 5.37. The predicted octanol–water partition coefficient (Wildman–Crippen LogP) is 1.27. The van der Waals surface area contributed by atoms with Crippen LogP contribution in [0.1, 0.15) is 13.3 Å². The highest BCUT2D eigenvalue weighted by Gasteiger charge is 2.15. The second kappa shape index (κ2) is 8.34. The molecule has 0 radical (unpaired) electrons. The second-order valence-corrected chi connectivity index (χ2v) is 4.36. The number of hydrogen-bond donors (Lipinski definition) is 0. The minimum atomic E-state index is 0.601. The van der Waals surface area contributed by atoms with E-state index >= 15 is 0 Å². The van der Waals surface area contributed by atoms with Gasteiger partial charge in [0, 0.05) is 38.6 Å². The van der Waals surface area contributed by atoms with Gasteiger partial charge in [-0.05, 0) is 13.0 Å². The highest BCUT2D eigenvalue weighted by Crippen LogP contribution is 2.01. The molecule has 0 aromatic carbocycles. The normalized spacial score (nSPS) is 19.6. The number of alkyl halides is 1. The Balaban J connectivity index is 1.99. The Kier molecular flexibility index (Phi) is 7.36. The molecule has 15 heavy (non-hydrogen) atoms. The lowest BCUT2D eigenvalue weighted by molar-refractivity contribution is 0.0816. The van der Waals surface area contributed by atoms with Gasteiger partial charge in [-0.3, -0.25) is 4.90 Å². The number of rotatable bonds is 7. The Morgan fingerprint density at radius 2 is 1.60 bits per heavy atom. The molecule has 0 unspecified atom stereocenters. The van der Waals surface area contributed by atoms with Gasteiger partial charge in [0.25, 0.3) is 0 Å². The summed E-state index contributed by atoms with van der Waals surface area (Å²) in [5.74, 6) is 0.601. The molecule has 0 bridgehead atoms. The van der Waals surface area contributed by atoms with E-state index in [4.69, 9.17) is 16.3 Å². The molecule has 0 saturated carbocycles. The van der Waals surface area contributed by atoms with E-state index in [0.717, 1.165) is 13.2 Å². The van der Waals surface area contributed by atoms with Gasteiger partial charge < -0.3 is 9.64 Å². The molecule has 1 aliphatic rings. The van der Waals surface area contributed by atoms with Crippen LogP contribution in [-0.2, 0) is 4.74 Å². The monoisotopic (exact) mass is 234 g/mol. The molecule has 0 amide bonds. The maximum atomic E-state index is 5.53. The highest BCUT2D eigenvalue weighted by atomic mass is 35.5. The van der Waals surface area contributed by atoms with Crippen molar-refractivity contribution in [3.63, 3.8) is 0 Å². The summed E-state index contributed by atoms with van der Waals surface area (Å²) in [7, 11) is 0. The zero-order valence-electron chi connectivity index (χ0n) is 9.75. The van der Waals surface area contributed by atoms with Crippen molar-refractivity contribution in [2.45, 2.75) is 13.3 Å². The van der Waals surface area contributed by atoms with E-state index in [2.05, 4.69) is 16.7 Å². The van der Waals surface area contributed by atoms with Crippen LogP contribution in [0.2, 0.25) is 0 Å². The fourth-order valence-corrected chi connectivity index (χ4v) is 2.01. The van der Waals surface area contributed by atoms with Gasteiger partial charge in [0.2, 0.25) is 0 Å². The summed E-state index contributed by atoms with van der Waals surface area (Å²) in [5.41, 5.74) is 0. The average Bonchev–Trinajstić information content (AvgIpc) is 2.27. The van der Waals surface area contributed by atoms with Crippen molar-refractivity contribution in [2.24, 2.45) is 0 Å². The van der Waals surface area contributed by atoms with Crippen LogP contribution in [0.3, 0.4) is 0 Å². The minimum absolute atomic E-state index is 0.601. The van der Waals surface area contributed by atoms with Crippen LogP contribution < -0.4 is 0 Å². The number of piperazine rings is 1. The quantitative estimate of drug-likeness (QED) is 0.488. The Hall–Kier alpha value is 0.170. The predicted molar refractivity (Wildman–Crippen MR) is 64.7 cm³/mol.